The minimum absolute atomic E-state index is 0.173. The minimum Gasteiger partial charge on any atom is -0.381 e. The fraction of sp³-hybridized carbons (Fsp3) is 0.467. The molecule has 1 saturated heterocycles. The van der Waals surface area contributed by atoms with Crippen molar-refractivity contribution in [1.82, 2.24) is 9.88 Å². The molecule has 0 aromatic carbocycles. The van der Waals surface area contributed by atoms with Gasteiger partial charge in [0, 0.05) is 36.5 Å². The van der Waals surface area contributed by atoms with Crippen molar-refractivity contribution in [2.45, 2.75) is 25.4 Å². The second kappa shape index (κ2) is 6.68. The van der Waals surface area contributed by atoms with E-state index < -0.39 is 0 Å². The molecule has 0 bridgehead atoms. The molecule has 0 unspecified atom stereocenters. The Morgan fingerprint density at radius 2 is 2.24 bits per heavy atom. The molecule has 0 radical (unpaired) electrons. The lowest BCUT2D eigenvalue weighted by atomic mass is 10.1. The van der Waals surface area contributed by atoms with E-state index in [1.54, 1.807) is 29.8 Å². The summed E-state index contributed by atoms with van der Waals surface area (Å²) >= 11 is 3.27. The molecule has 6 heteroatoms. The van der Waals surface area contributed by atoms with Gasteiger partial charge in [-0.15, -0.1) is 11.3 Å². The van der Waals surface area contributed by atoms with Crippen LogP contribution in [0.1, 0.15) is 18.5 Å². The molecule has 1 aliphatic rings. The second-order valence-corrected chi connectivity index (χ2v) is 6.79. The van der Waals surface area contributed by atoms with Gasteiger partial charge in [0.05, 0.1) is 18.2 Å². The van der Waals surface area contributed by atoms with Crippen LogP contribution in [-0.4, -0.2) is 42.1 Å². The van der Waals surface area contributed by atoms with Crippen LogP contribution >= 0.6 is 22.7 Å². The number of aromatic nitrogens is 1. The quantitative estimate of drug-likeness (QED) is 0.869. The Kier molecular flexibility index (Phi) is 4.67. The molecule has 3 rings (SSSR count). The first-order valence-electron chi connectivity index (χ1n) is 7.04. The van der Waals surface area contributed by atoms with E-state index in [2.05, 4.69) is 16.4 Å². The van der Waals surface area contributed by atoms with Crippen LogP contribution in [-0.2, 0) is 16.0 Å². The summed E-state index contributed by atoms with van der Waals surface area (Å²) in [7, 11) is 1.74. The highest BCUT2D eigenvalue weighted by Gasteiger charge is 2.23. The first kappa shape index (κ1) is 14.7. The van der Waals surface area contributed by atoms with Crippen LogP contribution in [0.5, 0.6) is 0 Å². The predicted molar refractivity (Wildman–Crippen MR) is 85.7 cm³/mol. The number of hydrogen-bond donors (Lipinski definition) is 0. The molecule has 112 valence electrons. The number of hydrogen-bond acceptors (Lipinski definition) is 5. The van der Waals surface area contributed by atoms with Crippen LogP contribution in [0, 0.1) is 0 Å². The fourth-order valence-corrected chi connectivity index (χ4v) is 4.05. The Hall–Kier alpha value is -1.24. The van der Waals surface area contributed by atoms with Crippen LogP contribution in [0.15, 0.2) is 22.2 Å². The number of piperidine rings is 1. The van der Waals surface area contributed by atoms with E-state index in [1.165, 1.54) is 0 Å². The van der Waals surface area contributed by atoms with Gasteiger partial charge in [0.15, 0.2) is 0 Å². The van der Waals surface area contributed by atoms with Crippen LogP contribution in [0.4, 0.5) is 0 Å². The average Bonchev–Trinajstić information content (AvgIpc) is 3.18. The topological polar surface area (TPSA) is 42.4 Å². The predicted octanol–water partition coefficient (Wildman–Crippen LogP) is 3.05. The number of carbonyl (C=O) groups is 1. The molecular weight excluding hydrogens is 304 g/mol. The molecule has 3 heterocycles. The summed E-state index contributed by atoms with van der Waals surface area (Å²) in [5.74, 6) is 0.173. The van der Waals surface area contributed by atoms with E-state index >= 15 is 0 Å². The Balaban J connectivity index is 1.58. The smallest absolute Gasteiger partial charge is 0.228 e. The summed E-state index contributed by atoms with van der Waals surface area (Å²) in [5.41, 5.74) is 2.02. The number of nitrogens with zero attached hydrogens (tertiary/aromatic N) is 2. The number of ether oxygens (including phenoxy) is 1. The number of carbonyl (C=O) groups excluding carboxylic acids is 1. The maximum atomic E-state index is 12.3. The van der Waals surface area contributed by atoms with Gasteiger partial charge in [-0.05, 0) is 24.3 Å². The minimum atomic E-state index is 0.173. The van der Waals surface area contributed by atoms with Gasteiger partial charge in [-0.3, -0.25) is 4.79 Å². The third-order valence-electron chi connectivity index (χ3n) is 3.78. The van der Waals surface area contributed by atoms with Crippen molar-refractivity contribution in [3.63, 3.8) is 0 Å². The Morgan fingerprint density at radius 1 is 1.43 bits per heavy atom. The monoisotopic (exact) mass is 322 g/mol. The molecule has 1 aliphatic heterocycles. The van der Waals surface area contributed by atoms with Crippen molar-refractivity contribution in [3.05, 3.63) is 27.9 Å². The second-order valence-electron chi connectivity index (χ2n) is 5.15. The van der Waals surface area contributed by atoms with Gasteiger partial charge in [-0.2, -0.15) is 11.3 Å². The van der Waals surface area contributed by atoms with Gasteiger partial charge in [-0.25, -0.2) is 4.98 Å². The maximum absolute atomic E-state index is 12.3. The summed E-state index contributed by atoms with van der Waals surface area (Å²) in [6.07, 6.45) is 2.57. The molecule has 0 aliphatic carbocycles. The number of thiophene rings is 1. The molecule has 0 spiro atoms. The molecule has 0 N–H and O–H groups in total. The largest absolute Gasteiger partial charge is 0.381 e. The van der Waals surface area contributed by atoms with Gasteiger partial charge in [0.2, 0.25) is 5.91 Å². The van der Waals surface area contributed by atoms with Gasteiger partial charge < -0.3 is 9.64 Å². The van der Waals surface area contributed by atoms with Gasteiger partial charge in [0.1, 0.15) is 5.01 Å². The highest BCUT2D eigenvalue weighted by molar-refractivity contribution is 7.14. The zero-order valence-corrected chi connectivity index (χ0v) is 13.6. The Morgan fingerprint density at radius 3 is 2.90 bits per heavy atom. The fourth-order valence-electron chi connectivity index (χ4n) is 2.51. The lowest BCUT2D eigenvalue weighted by Crippen LogP contribution is -2.41. The molecular formula is C15H18N2O2S2. The number of rotatable bonds is 4. The lowest BCUT2D eigenvalue weighted by molar-refractivity contribution is -0.132. The molecule has 0 atom stereocenters. The standard InChI is InChI=1S/C15H18N2O2S2/c1-19-13-2-5-17(6-3-13)14(18)8-12-10-21-15(16-12)11-4-7-20-9-11/h4,7,9-10,13H,2-3,5-6,8H2,1H3. The van der Waals surface area contributed by atoms with E-state index in [4.69, 9.17) is 4.74 Å². The highest BCUT2D eigenvalue weighted by atomic mass is 32.1. The Labute approximate surface area is 132 Å². The molecule has 2 aromatic rings. The molecule has 4 nitrogen and oxygen atoms in total. The molecule has 1 fully saturated rings. The number of methoxy groups -OCH3 is 1. The maximum Gasteiger partial charge on any atom is 0.228 e. The van der Waals surface area contributed by atoms with Gasteiger partial charge in [-0.1, -0.05) is 0 Å². The van der Waals surface area contributed by atoms with Crippen LogP contribution in [0.25, 0.3) is 10.6 Å². The van der Waals surface area contributed by atoms with Crippen molar-refractivity contribution in [3.8, 4) is 10.6 Å². The molecule has 1 amide bonds. The van der Waals surface area contributed by atoms with E-state index in [1.807, 2.05) is 15.7 Å². The number of likely N-dealkylation sites (tertiary alicyclic amines) is 1. The van der Waals surface area contributed by atoms with Crippen LogP contribution in [0.3, 0.4) is 0 Å². The summed E-state index contributed by atoms with van der Waals surface area (Å²) in [4.78, 5) is 18.8. The zero-order valence-electron chi connectivity index (χ0n) is 11.9. The van der Waals surface area contributed by atoms with E-state index in [0.29, 0.717) is 12.5 Å². The Bertz CT molecular complexity index is 587. The van der Waals surface area contributed by atoms with Crippen molar-refractivity contribution < 1.29 is 9.53 Å². The summed E-state index contributed by atoms with van der Waals surface area (Å²) in [5, 5.41) is 7.12. The SMILES string of the molecule is COC1CCN(C(=O)Cc2csc(-c3ccsc3)n2)CC1. The average molecular weight is 322 g/mol. The van der Waals surface area contributed by atoms with Crippen LogP contribution < -0.4 is 0 Å². The zero-order chi connectivity index (χ0) is 14.7. The first-order valence-corrected chi connectivity index (χ1v) is 8.86. The normalized spacial score (nSPS) is 16.3. The highest BCUT2D eigenvalue weighted by Crippen LogP contribution is 2.26. The third kappa shape index (κ3) is 3.51. The van der Waals surface area contributed by atoms with E-state index in [0.717, 1.165) is 42.2 Å². The van der Waals surface area contributed by atoms with Crippen molar-refractivity contribution in [2.75, 3.05) is 20.2 Å². The third-order valence-corrected chi connectivity index (χ3v) is 5.40. The number of thiazole rings is 1. The van der Waals surface area contributed by atoms with E-state index in [9.17, 15) is 4.79 Å². The first-order chi connectivity index (χ1) is 10.3. The number of amides is 1. The van der Waals surface area contributed by atoms with Crippen molar-refractivity contribution >= 4 is 28.6 Å². The van der Waals surface area contributed by atoms with Crippen LogP contribution in [0.2, 0.25) is 0 Å². The van der Waals surface area contributed by atoms with E-state index in [-0.39, 0.29) is 5.91 Å². The summed E-state index contributed by atoms with van der Waals surface area (Å²) in [6.45, 7) is 1.58. The molecule has 0 saturated carbocycles. The van der Waals surface area contributed by atoms with Gasteiger partial charge in [0.25, 0.3) is 0 Å². The van der Waals surface area contributed by atoms with Gasteiger partial charge >= 0.3 is 0 Å². The van der Waals surface area contributed by atoms with Crippen molar-refractivity contribution in [2.24, 2.45) is 0 Å². The van der Waals surface area contributed by atoms with Crippen molar-refractivity contribution in [1.29, 1.82) is 0 Å². The molecule has 2 aromatic heterocycles. The summed E-state index contributed by atoms with van der Waals surface area (Å²) in [6, 6.07) is 2.06. The lowest BCUT2D eigenvalue weighted by Gasteiger charge is -2.31. The molecule has 21 heavy (non-hydrogen) atoms. The summed E-state index contributed by atoms with van der Waals surface area (Å²) < 4.78 is 5.33.